The van der Waals surface area contributed by atoms with E-state index in [1.807, 2.05) is 23.1 Å². The summed E-state index contributed by atoms with van der Waals surface area (Å²) >= 11 is 8.43. The van der Waals surface area contributed by atoms with E-state index in [2.05, 4.69) is 22.9 Å². The van der Waals surface area contributed by atoms with Gasteiger partial charge in [0, 0.05) is 22.3 Å². The summed E-state index contributed by atoms with van der Waals surface area (Å²) in [6, 6.07) is 5.69. The number of nitrogens with zero attached hydrogens (tertiary/aromatic N) is 1. The lowest BCUT2D eigenvalue weighted by Crippen LogP contribution is -2.31. The van der Waals surface area contributed by atoms with Gasteiger partial charge in [0.25, 0.3) is 0 Å². The highest BCUT2D eigenvalue weighted by molar-refractivity contribution is 9.10. The molecular weight excluding hydrogens is 340 g/mol. The van der Waals surface area contributed by atoms with E-state index < -0.39 is 0 Å². The molecule has 1 rings (SSSR count). The molecule has 0 unspecified atom stereocenters. The second kappa shape index (κ2) is 8.21. The van der Waals surface area contributed by atoms with Crippen LogP contribution in [0, 0.1) is 0 Å². The van der Waals surface area contributed by atoms with Gasteiger partial charge in [-0.3, -0.25) is 4.79 Å². The third-order valence-corrected chi connectivity index (χ3v) is 3.58. The summed E-state index contributed by atoms with van der Waals surface area (Å²) in [6.07, 6.45) is 0.939. The number of hydrogen-bond donors (Lipinski definition) is 1. The fourth-order valence-electron chi connectivity index (χ4n) is 1.83. The number of ether oxygens (including phenoxy) is 1. The average Bonchev–Trinajstić information content (AvgIpc) is 2.38. The number of anilines is 1. The molecule has 0 aliphatic carbocycles. The number of thiocarbonyl (C=S) groups is 1. The fraction of sp³-hybridized carbons (Fsp3) is 0.429. The Morgan fingerprint density at radius 1 is 1.45 bits per heavy atom. The van der Waals surface area contributed by atoms with Gasteiger partial charge in [0.2, 0.25) is 0 Å². The second-order valence-electron chi connectivity index (χ2n) is 4.25. The first kappa shape index (κ1) is 16.9. The first-order valence-corrected chi connectivity index (χ1v) is 7.69. The highest BCUT2D eigenvalue weighted by Gasteiger charge is 2.13. The summed E-state index contributed by atoms with van der Waals surface area (Å²) in [7, 11) is 0. The van der Waals surface area contributed by atoms with Gasteiger partial charge in [0.05, 0.1) is 6.61 Å². The summed E-state index contributed by atoms with van der Waals surface area (Å²) in [5, 5.41) is 0. The van der Waals surface area contributed by atoms with Gasteiger partial charge in [-0.05, 0) is 47.5 Å². The van der Waals surface area contributed by atoms with Crippen LogP contribution in [0.25, 0.3) is 0 Å². The zero-order valence-corrected chi connectivity index (χ0v) is 14.1. The summed E-state index contributed by atoms with van der Waals surface area (Å²) in [4.78, 5) is 14.0. The van der Waals surface area contributed by atoms with Crippen molar-refractivity contribution in [2.45, 2.75) is 20.3 Å². The van der Waals surface area contributed by atoms with Crippen molar-refractivity contribution in [3.8, 4) is 0 Å². The number of hydrogen-bond acceptors (Lipinski definition) is 4. The van der Waals surface area contributed by atoms with Crippen molar-refractivity contribution in [3.05, 3.63) is 28.2 Å². The molecule has 0 heterocycles. The molecule has 0 radical (unpaired) electrons. The van der Waals surface area contributed by atoms with E-state index in [0.29, 0.717) is 11.6 Å². The first-order valence-electron chi connectivity index (χ1n) is 6.49. The van der Waals surface area contributed by atoms with Crippen molar-refractivity contribution in [3.63, 3.8) is 0 Å². The van der Waals surface area contributed by atoms with Crippen molar-refractivity contribution < 1.29 is 9.53 Å². The molecule has 0 saturated carbocycles. The monoisotopic (exact) mass is 358 g/mol. The molecule has 0 amide bonds. The number of benzene rings is 1. The van der Waals surface area contributed by atoms with Crippen LogP contribution in [0.5, 0.6) is 0 Å². The molecule has 4 nitrogen and oxygen atoms in total. The van der Waals surface area contributed by atoms with Crippen LogP contribution < -0.4 is 10.6 Å². The zero-order chi connectivity index (χ0) is 15.1. The van der Waals surface area contributed by atoms with E-state index in [-0.39, 0.29) is 12.5 Å². The lowest BCUT2D eigenvalue weighted by molar-refractivity contribution is -0.141. The van der Waals surface area contributed by atoms with E-state index in [1.54, 1.807) is 6.92 Å². The summed E-state index contributed by atoms with van der Waals surface area (Å²) in [6.45, 7) is 5.27. The molecule has 0 aliphatic rings. The van der Waals surface area contributed by atoms with E-state index in [9.17, 15) is 4.79 Å². The number of carbonyl (C=O) groups is 1. The van der Waals surface area contributed by atoms with Crippen LogP contribution in [-0.2, 0) is 9.53 Å². The number of carbonyl (C=O) groups excluding carboxylic acids is 1. The molecule has 0 aromatic heterocycles. The maximum Gasteiger partial charge on any atom is 0.325 e. The van der Waals surface area contributed by atoms with Gasteiger partial charge < -0.3 is 15.4 Å². The van der Waals surface area contributed by atoms with Crippen LogP contribution >= 0.6 is 28.1 Å². The quantitative estimate of drug-likeness (QED) is 0.599. The minimum atomic E-state index is -0.226. The lowest BCUT2D eigenvalue weighted by atomic mass is 10.2. The molecule has 0 atom stereocenters. The highest BCUT2D eigenvalue weighted by Crippen LogP contribution is 2.24. The van der Waals surface area contributed by atoms with Crippen LogP contribution in [0.15, 0.2) is 22.7 Å². The lowest BCUT2D eigenvalue weighted by Gasteiger charge is -2.24. The first-order chi connectivity index (χ1) is 9.49. The van der Waals surface area contributed by atoms with E-state index >= 15 is 0 Å². The van der Waals surface area contributed by atoms with Crippen LogP contribution in [0.1, 0.15) is 25.8 Å². The van der Waals surface area contributed by atoms with Crippen molar-refractivity contribution in [2.75, 3.05) is 24.6 Å². The third kappa shape index (κ3) is 4.76. The van der Waals surface area contributed by atoms with Gasteiger partial charge in [-0.1, -0.05) is 19.1 Å². The normalized spacial score (nSPS) is 10.2. The van der Waals surface area contributed by atoms with Gasteiger partial charge in [0.1, 0.15) is 11.5 Å². The van der Waals surface area contributed by atoms with Crippen LogP contribution in [-0.4, -0.2) is 30.7 Å². The Morgan fingerprint density at radius 3 is 2.65 bits per heavy atom. The summed E-state index contributed by atoms with van der Waals surface area (Å²) in [5.41, 5.74) is 7.36. The molecule has 0 fully saturated rings. The number of halogens is 1. The van der Waals surface area contributed by atoms with Crippen LogP contribution in [0.2, 0.25) is 0 Å². The predicted molar refractivity (Wildman–Crippen MR) is 89.2 cm³/mol. The Hall–Kier alpha value is -1.14. The van der Waals surface area contributed by atoms with Gasteiger partial charge in [-0.15, -0.1) is 0 Å². The SMILES string of the molecule is CCCN(CC(=O)OCC)c1ccc(C(N)=S)c(Br)c1. The van der Waals surface area contributed by atoms with E-state index in [1.165, 1.54) is 0 Å². The minimum Gasteiger partial charge on any atom is -0.465 e. The fourth-order valence-corrected chi connectivity index (χ4v) is 2.72. The largest absolute Gasteiger partial charge is 0.465 e. The average molecular weight is 359 g/mol. The summed E-state index contributed by atoms with van der Waals surface area (Å²) < 4.78 is 5.83. The van der Waals surface area contributed by atoms with Gasteiger partial charge in [-0.2, -0.15) is 0 Å². The smallest absolute Gasteiger partial charge is 0.325 e. The molecular formula is C14H19BrN2O2S. The topological polar surface area (TPSA) is 55.6 Å². The Balaban J connectivity index is 2.94. The number of nitrogens with two attached hydrogens (primary N) is 1. The van der Waals surface area contributed by atoms with Gasteiger partial charge in [0.15, 0.2) is 0 Å². The summed E-state index contributed by atoms with van der Waals surface area (Å²) in [5.74, 6) is -0.226. The van der Waals surface area contributed by atoms with Crippen molar-refractivity contribution >= 4 is 44.8 Å². The highest BCUT2D eigenvalue weighted by atomic mass is 79.9. The molecule has 0 bridgehead atoms. The Kier molecular flexibility index (Phi) is 6.95. The van der Waals surface area contributed by atoms with Crippen LogP contribution in [0.4, 0.5) is 5.69 Å². The Bertz CT molecular complexity index is 494. The number of esters is 1. The molecule has 0 aliphatic heterocycles. The minimum absolute atomic E-state index is 0.226. The van der Waals surface area contributed by atoms with Crippen molar-refractivity contribution in [2.24, 2.45) is 5.73 Å². The van der Waals surface area contributed by atoms with Crippen molar-refractivity contribution in [1.29, 1.82) is 0 Å². The maximum absolute atomic E-state index is 11.6. The zero-order valence-electron chi connectivity index (χ0n) is 11.7. The molecule has 6 heteroatoms. The molecule has 1 aromatic carbocycles. The molecule has 110 valence electrons. The van der Waals surface area contributed by atoms with E-state index in [0.717, 1.165) is 28.7 Å². The van der Waals surface area contributed by atoms with Crippen LogP contribution in [0.3, 0.4) is 0 Å². The molecule has 0 saturated heterocycles. The number of rotatable bonds is 7. The molecule has 1 aromatic rings. The maximum atomic E-state index is 11.6. The third-order valence-electron chi connectivity index (χ3n) is 2.70. The van der Waals surface area contributed by atoms with Gasteiger partial charge in [-0.25, -0.2) is 0 Å². The van der Waals surface area contributed by atoms with E-state index in [4.69, 9.17) is 22.7 Å². The Morgan fingerprint density at radius 2 is 2.15 bits per heavy atom. The molecule has 2 N–H and O–H groups in total. The second-order valence-corrected chi connectivity index (χ2v) is 5.55. The molecule has 0 spiro atoms. The van der Waals surface area contributed by atoms with Gasteiger partial charge >= 0.3 is 5.97 Å². The predicted octanol–water partition coefficient (Wildman–Crippen LogP) is 2.86. The molecule has 20 heavy (non-hydrogen) atoms. The standard InChI is InChI=1S/C14H19BrN2O2S/c1-3-7-17(9-13(18)19-4-2)10-5-6-11(14(16)20)12(15)8-10/h5-6,8H,3-4,7,9H2,1-2H3,(H2,16,20). The van der Waals surface area contributed by atoms with Crippen molar-refractivity contribution in [1.82, 2.24) is 0 Å². The Labute approximate surface area is 133 Å².